The maximum atomic E-state index is 11.2. The van der Waals surface area contributed by atoms with Crippen LogP contribution < -0.4 is 14.7 Å². The molecule has 0 aliphatic carbocycles. The third-order valence-electron chi connectivity index (χ3n) is 2.39. The Morgan fingerprint density at radius 3 is 2.24 bits per heavy atom. The number of hydrogen-bond acceptors (Lipinski definition) is 10. The monoisotopic (exact) mass is 363 g/mol. The highest BCUT2D eigenvalue weighted by atomic mass is 31.3. The quantitative estimate of drug-likeness (QED) is 0.405. The van der Waals surface area contributed by atoms with Crippen LogP contribution in [0, 0.1) is 5.92 Å². The van der Waals surface area contributed by atoms with Crippen molar-refractivity contribution >= 4 is 31.3 Å². The highest BCUT2D eigenvalue weighted by Crippen LogP contribution is 2.61. The summed E-state index contributed by atoms with van der Waals surface area (Å²) < 4.78 is 48.3. The summed E-state index contributed by atoms with van der Waals surface area (Å²) in [5.41, 5.74) is 0. The van der Waals surface area contributed by atoms with E-state index < -0.39 is 42.2 Å². The van der Waals surface area contributed by atoms with Crippen LogP contribution >= 0.6 is 23.5 Å². The van der Waals surface area contributed by atoms with Crippen molar-refractivity contribution in [2.24, 2.45) is 5.92 Å². The highest BCUT2D eigenvalue weighted by molar-refractivity contribution is 7.65. The summed E-state index contributed by atoms with van der Waals surface area (Å²) >= 11 is 0. The van der Waals surface area contributed by atoms with Crippen molar-refractivity contribution in [1.82, 2.24) is 0 Å². The Morgan fingerprint density at radius 1 is 1.24 bits per heavy atom. The smallest absolute Gasteiger partial charge is 0.280 e. The summed E-state index contributed by atoms with van der Waals surface area (Å²) in [6, 6.07) is -0.602. The van der Waals surface area contributed by atoms with Gasteiger partial charge in [0.15, 0.2) is 0 Å². The van der Waals surface area contributed by atoms with Gasteiger partial charge >= 0.3 is 0 Å². The number of hydrogen-bond donors (Lipinski definition) is 1. The lowest BCUT2D eigenvalue weighted by atomic mass is 9.92. The van der Waals surface area contributed by atoms with Gasteiger partial charge in [0.05, 0.1) is 12.7 Å². The lowest BCUT2D eigenvalue weighted by Crippen LogP contribution is -2.23. The fraction of sp³-hybridized carbons (Fsp3) is 1.00. The average molecular weight is 363 g/mol. The van der Waals surface area contributed by atoms with Crippen LogP contribution in [0.5, 0.6) is 0 Å². The predicted molar refractivity (Wildman–Crippen MR) is 61.4 cm³/mol. The molecule has 1 N–H and O–H groups in total. The Balaban J connectivity index is 2.56. The predicted octanol–water partition coefficient (Wildman–Crippen LogP) is -1.65. The molecule has 1 aliphatic rings. The van der Waals surface area contributed by atoms with Crippen molar-refractivity contribution in [2.75, 3.05) is 6.61 Å². The molecule has 0 aromatic rings. The lowest BCUT2D eigenvalue weighted by Gasteiger charge is -2.33. The van der Waals surface area contributed by atoms with Crippen LogP contribution in [0.1, 0.15) is 13.3 Å². The minimum Gasteiger partial charge on any atom is -0.756 e. The zero-order valence-electron chi connectivity index (χ0n) is 10.6. The van der Waals surface area contributed by atoms with Gasteiger partial charge < -0.3 is 28.8 Å². The van der Waals surface area contributed by atoms with Gasteiger partial charge in [0.1, 0.15) is 7.85 Å². The second kappa shape index (κ2) is 6.90. The second-order valence-electron chi connectivity index (χ2n) is 4.25. The number of phosphoric acid groups is 3. The number of rotatable bonds is 7. The summed E-state index contributed by atoms with van der Waals surface area (Å²) in [5, 5.41) is 0. The van der Waals surface area contributed by atoms with E-state index in [0.29, 0.717) is 6.42 Å². The molecule has 0 aromatic heterocycles. The van der Waals surface area contributed by atoms with Gasteiger partial charge in [-0.25, -0.2) is 8.62 Å². The van der Waals surface area contributed by atoms with Crippen molar-refractivity contribution < 1.29 is 51.2 Å². The number of ether oxygens (including phenoxy) is 1. The van der Waals surface area contributed by atoms with Gasteiger partial charge in [0.2, 0.25) is 0 Å². The zero-order chi connectivity index (χ0) is 16.5. The highest BCUT2D eigenvalue weighted by Gasteiger charge is 2.31. The van der Waals surface area contributed by atoms with Crippen molar-refractivity contribution in [3.63, 3.8) is 0 Å². The summed E-state index contributed by atoms with van der Waals surface area (Å²) in [7, 11) is -11.6. The molecule has 2 radical (unpaired) electrons. The van der Waals surface area contributed by atoms with E-state index in [2.05, 4.69) is 13.1 Å². The van der Waals surface area contributed by atoms with Gasteiger partial charge in [-0.1, -0.05) is 6.92 Å². The van der Waals surface area contributed by atoms with Crippen molar-refractivity contribution in [3.8, 4) is 0 Å². The van der Waals surface area contributed by atoms with E-state index in [1.165, 1.54) is 0 Å². The first-order chi connectivity index (χ1) is 9.30. The fourth-order valence-electron chi connectivity index (χ4n) is 1.59. The summed E-state index contributed by atoms with van der Waals surface area (Å²) in [6.45, 7) is 1.13. The van der Waals surface area contributed by atoms with Crippen LogP contribution in [-0.4, -0.2) is 31.5 Å². The van der Waals surface area contributed by atoms with Crippen LogP contribution in [0.3, 0.4) is 0 Å². The zero-order valence-corrected chi connectivity index (χ0v) is 13.3. The molecule has 1 saturated heterocycles. The van der Waals surface area contributed by atoms with E-state index in [1.807, 2.05) is 0 Å². The minimum atomic E-state index is -5.87. The molecule has 0 saturated carbocycles. The molecule has 6 atom stereocenters. The van der Waals surface area contributed by atoms with Gasteiger partial charge in [-0.3, -0.25) is 13.7 Å². The topological polar surface area (TPSA) is 178 Å². The summed E-state index contributed by atoms with van der Waals surface area (Å²) in [6.07, 6.45) is -0.258. The van der Waals surface area contributed by atoms with Gasteiger partial charge in [0, 0.05) is 6.00 Å². The minimum absolute atomic E-state index is 0.144. The SMILES string of the molecule is [B]C1CC(C)C(COP(=O)([O-])OP(=O)([O-])OP(=O)([O-])O)O1. The van der Waals surface area contributed by atoms with Crippen molar-refractivity contribution in [2.45, 2.75) is 25.5 Å². The third-order valence-corrected chi connectivity index (χ3v) is 6.08. The molecule has 1 aliphatic heterocycles. The maximum absolute atomic E-state index is 11.2. The van der Waals surface area contributed by atoms with Crippen molar-refractivity contribution in [3.05, 3.63) is 0 Å². The van der Waals surface area contributed by atoms with Gasteiger partial charge in [0.25, 0.3) is 23.5 Å². The molecule has 0 amide bonds. The first kappa shape index (κ1) is 19.5. The van der Waals surface area contributed by atoms with E-state index in [9.17, 15) is 28.4 Å². The second-order valence-corrected chi connectivity index (χ2v) is 8.54. The van der Waals surface area contributed by atoms with E-state index in [0.717, 1.165) is 0 Å². The summed E-state index contributed by atoms with van der Waals surface area (Å²) in [4.78, 5) is 40.6. The van der Waals surface area contributed by atoms with E-state index >= 15 is 0 Å². The molecular formula is C6H11BO11P3-3. The Bertz CT molecular complexity index is 504. The average Bonchev–Trinajstić information content (AvgIpc) is 2.48. The first-order valence-corrected chi connectivity index (χ1v) is 9.85. The largest absolute Gasteiger partial charge is 0.756 e. The van der Waals surface area contributed by atoms with Gasteiger partial charge in [-0.15, -0.1) is 0 Å². The molecule has 0 bridgehead atoms. The Morgan fingerprint density at radius 2 is 1.81 bits per heavy atom. The van der Waals surface area contributed by atoms with E-state index in [1.54, 1.807) is 6.92 Å². The van der Waals surface area contributed by atoms with Gasteiger partial charge in [-0.2, -0.15) is 0 Å². The normalized spacial score (nSPS) is 34.8. The molecule has 0 aromatic carbocycles. The lowest BCUT2D eigenvalue weighted by molar-refractivity contribution is -0.250. The molecule has 1 fully saturated rings. The Kier molecular flexibility index (Phi) is 6.41. The van der Waals surface area contributed by atoms with Crippen molar-refractivity contribution in [1.29, 1.82) is 0 Å². The number of phosphoric ester groups is 1. The molecule has 6 unspecified atom stereocenters. The fourth-order valence-corrected chi connectivity index (χ4v) is 4.48. The molecular weight excluding hydrogens is 352 g/mol. The van der Waals surface area contributed by atoms with Gasteiger partial charge in [-0.05, 0) is 12.3 Å². The van der Waals surface area contributed by atoms with Crippen LogP contribution in [-0.2, 0) is 31.6 Å². The molecule has 0 spiro atoms. The van der Waals surface area contributed by atoms with Crippen LogP contribution in [0.15, 0.2) is 0 Å². The Hall–Kier alpha value is 0.435. The van der Waals surface area contributed by atoms with E-state index in [-0.39, 0.29) is 5.92 Å². The van der Waals surface area contributed by atoms with Crippen LogP contribution in [0.25, 0.3) is 0 Å². The maximum Gasteiger partial charge on any atom is 0.280 e. The molecule has 1 heterocycles. The standard InChI is InChI=1S/C6H14BO11P3/c1-4-2-6(7)16-5(4)3-15-20(11,12)18-21(13,14)17-19(8,9)10/h4-6H,2-3H2,1H3,(H,11,12)(H,13,14)(H2,8,9,10)/p-3. The molecule has 21 heavy (non-hydrogen) atoms. The third kappa shape index (κ3) is 7.50. The molecule has 1 rings (SSSR count). The molecule has 15 heteroatoms. The van der Waals surface area contributed by atoms with Crippen LogP contribution in [0.2, 0.25) is 0 Å². The summed E-state index contributed by atoms with van der Waals surface area (Å²) in [5.74, 6) is -0.144. The molecule has 122 valence electrons. The van der Waals surface area contributed by atoms with E-state index in [4.69, 9.17) is 17.5 Å². The first-order valence-electron chi connectivity index (χ1n) is 5.44. The molecule has 11 nitrogen and oxygen atoms in total. The van der Waals surface area contributed by atoms with Crippen LogP contribution in [0.4, 0.5) is 0 Å². The Labute approximate surface area is 121 Å².